The minimum atomic E-state index is -0.414. The Morgan fingerprint density at radius 2 is 1.92 bits per heavy atom. The third kappa shape index (κ3) is 3.62. The van der Waals surface area contributed by atoms with Crippen LogP contribution in [0.5, 0.6) is 5.75 Å². The molecule has 3 amide bonds. The van der Waals surface area contributed by atoms with E-state index in [1.54, 1.807) is 0 Å². The van der Waals surface area contributed by atoms with Gasteiger partial charge in [-0.05, 0) is 31.0 Å². The molecule has 0 saturated carbocycles. The highest BCUT2D eigenvalue weighted by Gasteiger charge is 2.39. The molecule has 0 aromatic heterocycles. The van der Waals surface area contributed by atoms with Crippen molar-refractivity contribution < 1.29 is 14.3 Å². The van der Waals surface area contributed by atoms with Gasteiger partial charge in [0.15, 0.2) is 0 Å². The molecule has 0 saturated heterocycles. The van der Waals surface area contributed by atoms with Gasteiger partial charge in [0.1, 0.15) is 5.75 Å². The molecule has 6 nitrogen and oxygen atoms in total. The van der Waals surface area contributed by atoms with Gasteiger partial charge in [-0.15, -0.1) is 0 Å². The van der Waals surface area contributed by atoms with E-state index in [9.17, 15) is 9.59 Å². The molecular weight excluding hydrogens is 318 g/mol. The van der Waals surface area contributed by atoms with Gasteiger partial charge in [-0.25, -0.2) is 4.79 Å². The van der Waals surface area contributed by atoms with E-state index in [1.807, 2.05) is 36.1 Å². The fraction of sp³-hybridized carbons (Fsp3) is 0.474. The predicted molar refractivity (Wildman–Crippen MR) is 95.2 cm³/mol. The number of rotatable bonds is 7. The number of amides is 3. The summed E-state index contributed by atoms with van der Waals surface area (Å²) in [7, 11) is 0. The van der Waals surface area contributed by atoms with Crippen molar-refractivity contribution in [2.75, 3.05) is 19.7 Å². The van der Waals surface area contributed by atoms with E-state index in [-0.39, 0.29) is 11.9 Å². The zero-order valence-corrected chi connectivity index (χ0v) is 14.8. The molecule has 0 fully saturated rings. The Morgan fingerprint density at radius 3 is 2.60 bits per heavy atom. The van der Waals surface area contributed by atoms with Crippen molar-refractivity contribution in [1.29, 1.82) is 0 Å². The smallest absolute Gasteiger partial charge is 0.319 e. The van der Waals surface area contributed by atoms with Crippen molar-refractivity contribution in [3.05, 3.63) is 41.1 Å². The molecule has 2 heterocycles. The second-order valence-electron chi connectivity index (χ2n) is 6.36. The van der Waals surface area contributed by atoms with Gasteiger partial charge in [-0.3, -0.25) is 4.79 Å². The van der Waals surface area contributed by atoms with E-state index in [2.05, 4.69) is 17.6 Å². The largest absolute Gasteiger partial charge is 0.494 e. The van der Waals surface area contributed by atoms with E-state index in [0.717, 1.165) is 42.8 Å². The maximum absolute atomic E-state index is 12.8. The molecule has 134 valence electrons. The zero-order chi connectivity index (χ0) is 17.8. The van der Waals surface area contributed by atoms with E-state index in [4.69, 9.17) is 4.74 Å². The summed E-state index contributed by atoms with van der Waals surface area (Å²) < 4.78 is 5.46. The molecule has 1 aromatic carbocycles. The lowest BCUT2D eigenvalue weighted by molar-refractivity contribution is -0.125. The van der Waals surface area contributed by atoms with Crippen LogP contribution >= 0.6 is 0 Å². The minimum Gasteiger partial charge on any atom is -0.494 e. The predicted octanol–water partition coefficient (Wildman–Crippen LogP) is 2.73. The van der Waals surface area contributed by atoms with Gasteiger partial charge < -0.3 is 20.3 Å². The van der Waals surface area contributed by atoms with Crippen LogP contribution < -0.4 is 15.4 Å². The first-order valence-corrected chi connectivity index (χ1v) is 8.96. The van der Waals surface area contributed by atoms with Gasteiger partial charge in [0.25, 0.3) is 5.91 Å². The summed E-state index contributed by atoms with van der Waals surface area (Å²) in [5.41, 5.74) is 2.26. The quantitative estimate of drug-likeness (QED) is 0.748. The first-order chi connectivity index (χ1) is 12.1. The number of hydrogen-bond acceptors (Lipinski definition) is 3. The molecule has 1 atom stereocenters. The molecular formula is C19H25N3O3. The Morgan fingerprint density at radius 1 is 1.16 bits per heavy atom. The Hall–Kier alpha value is -2.50. The average Bonchev–Trinajstić information content (AvgIpc) is 2.91. The van der Waals surface area contributed by atoms with Crippen LogP contribution in [0.2, 0.25) is 0 Å². The van der Waals surface area contributed by atoms with E-state index in [1.165, 1.54) is 0 Å². The number of nitrogens with zero attached hydrogens (tertiary/aromatic N) is 1. The fourth-order valence-corrected chi connectivity index (χ4v) is 3.33. The Kier molecular flexibility index (Phi) is 5.26. The summed E-state index contributed by atoms with van der Waals surface area (Å²) in [6, 6.07) is 6.86. The molecule has 25 heavy (non-hydrogen) atoms. The van der Waals surface area contributed by atoms with Crippen LogP contribution in [-0.4, -0.2) is 36.5 Å². The summed E-state index contributed by atoms with van der Waals surface area (Å²) in [5, 5.41) is 5.68. The van der Waals surface area contributed by atoms with Crippen LogP contribution in [0, 0.1) is 0 Å². The Labute approximate surface area is 148 Å². The van der Waals surface area contributed by atoms with Crippen LogP contribution in [0.25, 0.3) is 0 Å². The van der Waals surface area contributed by atoms with Gasteiger partial charge in [0.2, 0.25) is 0 Å². The fourth-order valence-electron chi connectivity index (χ4n) is 3.33. The highest BCUT2D eigenvalue weighted by molar-refractivity contribution is 6.01. The second kappa shape index (κ2) is 7.59. The van der Waals surface area contributed by atoms with Crippen LogP contribution in [0.1, 0.15) is 44.7 Å². The number of carbonyl (C=O) groups excluding carboxylic acids is 2. The molecule has 2 aliphatic rings. The van der Waals surface area contributed by atoms with Gasteiger partial charge in [0.05, 0.1) is 30.5 Å². The number of hydrogen-bond donors (Lipinski definition) is 2. The zero-order valence-electron chi connectivity index (χ0n) is 14.8. The van der Waals surface area contributed by atoms with Crippen molar-refractivity contribution in [3.8, 4) is 5.75 Å². The van der Waals surface area contributed by atoms with Crippen LogP contribution in [0.15, 0.2) is 35.5 Å². The maximum atomic E-state index is 12.8. The average molecular weight is 343 g/mol. The van der Waals surface area contributed by atoms with Gasteiger partial charge >= 0.3 is 6.03 Å². The Bertz CT molecular complexity index is 682. The molecule has 3 rings (SSSR count). The molecule has 0 aliphatic carbocycles. The monoisotopic (exact) mass is 343 g/mol. The third-order valence-corrected chi connectivity index (χ3v) is 4.58. The molecule has 1 aromatic rings. The lowest BCUT2D eigenvalue weighted by Gasteiger charge is -2.25. The van der Waals surface area contributed by atoms with Crippen LogP contribution in [0.4, 0.5) is 4.79 Å². The first-order valence-electron chi connectivity index (χ1n) is 8.96. The van der Waals surface area contributed by atoms with Crippen molar-refractivity contribution in [1.82, 2.24) is 15.5 Å². The van der Waals surface area contributed by atoms with Crippen molar-refractivity contribution in [3.63, 3.8) is 0 Å². The number of carbonyl (C=O) groups is 2. The van der Waals surface area contributed by atoms with Crippen LogP contribution in [-0.2, 0) is 4.79 Å². The third-order valence-electron chi connectivity index (χ3n) is 4.58. The molecule has 0 spiro atoms. The highest BCUT2D eigenvalue weighted by atomic mass is 16.5. The first kappa shape index (κ1) is 17.3. The lowest BCUT2D eigenvalue weighted by atomic mass is 9.96. The van der Waals surface area contributed by atoms with E-state index in [0.29, 0.717) is 18.7 Å². The SMILES string of the molecule is CCCCCN1CC2=C(C1=O)[C@H](c1ccc(OCC)cc1)NC(=O)N2. The molecule has 0 radical (unpaired) electrons. The summed E-state index contributed by atoms with van der Waals surface area (Å²) in [5.74, 6) is 0.789. The highest BCUT2D eigenvalue weighted by Crippen LogP contribution is 2.33. The molecule has 2 N–H and O–H groups in total. The van der Waals surface area contributed by atoms with Crippen LogP contribution in [0.3, 0.4) is 0 Å². The van der Waals surface area contributed by atoms with Crippen molar-refractivity contribution >= 4 is 11.9 Å². The lowest BCUT2D eigenvalue weighted by Crippen LogP contribution is -2.44. The molecule has 2 aliphatic heterocycles. The second-order valence-corrected chi connectivity index (χ2v) is 6.36. The molecule has 6 heteroatoms. The van der Waals surface area contributed by atoms with Gasteiger partial charge in [-0.1, -0.05) is 31.9 Å². The summed E-state index contributed by atoms with van der Waals surface area (Å²) in [6.45, 7) is 5.89. The van der Waals surface area contributed by atoms with Crippen molar-refractivity contribution in [2.24, 2.45) is 0 Å². The van der Waals surface area contributed by atoms with Gasteiger partial charge in [-0.2, -0.15) is 0 Å². The number of benzene rings is 1. The summed E-state index contributed by atoms with van der Waals surface area (Å²) in [4.78, 5) is 26.7. The minimum absolute atomic E-state index is 0.0116. The number of ether oxygens (including phenoxy) is 1. The standard InChI is InChI=1S/C19H25N3O3/c1-3-5-6-11-22-12-15-16(18(22)23)17(21-19(24)20-15)13-7-9-14(10-8-13)25-4-2/h7-10,17H,3-6,11-12H2,1-2H3,(H2,20,21,24)/t17-/m0/s1. The maximum Gasteiger partial charge on any atom is 0.319 e. The molecule has 0 unspecified atom stereocenters. The topological polar surface area (TPSA) is 70.7 Å². The number of urea groups is 1. The Balaban J connectivity index is 1.80. The normalized spacial score (nSPS) is 19.6. The molecule has 0 bridgehead atoms. The van der Waals surface area contributed by atoms with Crippen molar-refractivity contribution in [2.45, 2.75) is 39.2 Å². The number of nitrogens with one attached hydrogen (secondary N) is 2. The van der Waals surface area contributed by atoms with Gasteiger partial charge in [0, 0.05) is 6.54 Å². The summed E-state index contributed by atoms with van der Waals surface area (Å²) >= 11 is 0. The van der Waals surface area contributed by atoms with E-state index >= 15 is 0 Å². The number of unbranched alkanes of at least 4 members (excludes halogenated alkanes) is 2. The van der Waals surface area contributed by atoms with E-state index < -0.39 is 6.04 Å². The summed E-state index contributed by atoms with van der Waals surface area (Å²) in [6.07, 6.45) is 3.20.